The Morgan fingerprint density at radius 3 is 2.40 bits per heavy atom. The van der Waals surface area contributed by atoms with Crippen molar-refractivity contribution in [2.75, 3.05) is 13.2 Å². The van der Waals surface area contributed by atoms with Crippen LogP contribution in [0.4, 0.5) is 13.2 Å². The van der Waals surface area contributed by atoms with E-state index in [4.69, 9.17) is 9.47 Å². The molecule has 2 aromatic rings. The normalized spacial score (nSPS) is 19.2. The van der Waals surface area contributed by atoms with E-state index in [1.54, 1.807) is 6.07 Å². The lowest BCUT2D eigenvalue weighted by Crippen LogP contribution is -2.28. The van der Waals surface area contributed by atoms with E-state index in [1.165, 1.54) is 24.3 Å². The van der Waals surface area contributed by atoms with Crippen LogP contribution in [0.5, 0.6) is 0 Å². The maximum atomic E-state index is 14.8. The molecule has 0 amide bonds. The van der Waals surface area contributed by atoms with E-state index in [0.717, 1.165) is 44.1 Å². The van der Waals surface area contributed by atoms with Crippen molar-refractivity contribution in [3.05, 3.63) is 58.9 Å². The second-order valence-corrected chi connectivity index (χ2v) is 7.99. The average Bonchev–Trinajstić information content (AvgIpc) is 2.75. The molecule has 2 unspecified atom stereocenters. The first-order valence-electron chi connectivity index (χ1n) is 11.0. The van der Waals surface area contributed by atoms with E-state index in [1.807, 2.05) is 6.92 Å². The van der Waals surface area contributed by atoms with Gasteiger partial charge < -0.3 is 9.47 Å². The van der Waals surface area contributed by atoms with Gasteiger partial charge in [0.25, 0.3) is 0 Å². The fourth-order valence-corrected chi connectivity index (χ4v) is 3.95. The third kappa shape index (κ3) is 5.44. The molecule has 2 atom stereocenters. The van der Waals surface area contributed by atoms with Crippen LogP contribution in [0.2, 0.25) is 0 Å². The predicted octanol–water partition coefficient (Wildman–Crippen LogP) is 7.15. The molecular formula is C25H31F3O2. The zero-order chi connectivity index (χ0) is 21.5. The number of aryl methyl sites for hydroxylation is 1. The van der Waals surface area contributed by atoms with Crippen LogP contribution in [0.3, 0.4) is 0 Å². The first-order valence-corrected chi connectivity index (χ1v) is 11.0. The first-order chi connectivity index (χ1) is 14.5. The van der Waals surface area contributed by atoms with E-state index >= 15 is 0 Å². The van der Waals surface area contributed by atoms with Crippen molar-refractivity contribution >= 4 is 0 Å². The van der Waals surface area contributed by atoms with Gasteiger partial charge in [-0.1, -0.05) is 57.4 Å². The van der Waals surface area contributed by atoms with E-state index in [9.17, 15) is 13.2 Å². The number of rotatable bonds is 9. The fourth-order valence-electron chi connectivity index (χ4n) is 3.95. The molecule has 0 spiro atoms. The van der Waals surface area contributed by atoms with Crippen LogP contribution in [0.15, 0.2) is 30.3 Å². The van der Waals surface area contributed by atoms with E-state index in [2.05, 4.69) is 6.92 Å². The summed E-state index contributed by atoms with van der Waals surface area (Å²) < 4.78 is 55.7. The smallest absolute Gasteiger partial charge is 0.167 e. The summed E-state index contributed by atoms with van der Waals surface area (Å²) in [7, 11) is 0. The Hall–Kier alpha value is -1.85. The highest BCUT2D eigenvalue weighted by molar-refractivity contribution is 5.66. The van der Waals surface area contributed by atoms with E-state index < -0.39 is 23.6 Å². The molecule has 164 valence electrons. The minimum Gasteiger partial charge on any atom is -0.376 e. The minimum absolute atomic E-state index is 0.000943. The van der Waals surface area contributed by atoms with Crippen molar-refractivity contribution in [3.8, 4) is 11.1 Å². The molecule has 30 heavy (non-hydrogen) atoms. The van der Waals surface area contributed by atoms with Gasteiger partial charge in [0.1, 0.15) is 5.82 Å². The van der Waals surface area contributed by atoms with Crippen LogP contribution < -0.4 is 0 Å². The molecule has 1 heterocycles. The summed E-state index contributed by atoms with van der Waals surface area (Å²) in [5, 5.41) is 0. The minimum atomic E-state index is -1.03. The molecule has 2 aromatic carbocycles. The van der Waals surface area contributed by atoms with Gasteiger partial charge in [0, 0.05) is 23.3 Å². The highest BCUT2D eigenvalue weighted by Gasteiger charge is 2.28. The molecule has 0 radical (unpaired) electrons. The second-order valence-electron chi connectivity index (χ2n) is 7.99. The molecule has 0 aromatic heterocycles. The van der Waals surface area contributed by atoms with E-state index in [-0.39, 0.29) is 22.8 Å². The molecule has 1 saturated heterocycles. The summed E-state index contributed by atoms with van der Waals surface area (Å²) >= 11 is 0. The number of halogens is 3. The summed E-state index contributed by atoms with van der Waals surface area (Å²) in [4.78, 5) is 0. The topological polar surface area (TPSA) is 18.5 Å². The van der Waals surface area contributed by atoms with Crippen molar-refractivity contribution in [2.24, 2.45) is 0 Å². The number of hydrogen-bond acceptors (Lipinski definition) is 2. The SMILES string of the molecule is CCCCCOC1CCC(c2ccc(-c3ccc(CCC)cc3F)c(F)c2F)OC1. The maximum Gasteiger partial charge on any atom is 0.167 e. The number of hydrogen-bond donors (Lipinski definition) is 0. The Kier molecular flexibility index (Phi) is 8.34. The van der Waals surface area contributed by atoms with Crippen molar-refractivity contribution in [1.29, 1.82) is 0 Å². The van der Waals surface area contributed by atoms with Gasteiger partial charge in [0.05, 0.1) is 18.8 Å². The Balaban J connectivity index is 1.69. The number of benzene rings is 2. The molecule has 2 nitrogen and oxygen atoms in total. The lowest BCUT2D eigenvalue weighted by Gasteiger charge is -2.29. The van der Waals surface area contributed by atoms with Gasteiger partial charge in [-0.2, -0.15) is 0 Å². The van der Waals surface area contributed by atoms with Gasteiger partial charge in [-0.25, -0.2) is 13.2 Å². The maximum absolute atomic E-state index is 14.8. The average molecular weight is 421 g/mol. The lowest BCUT2D eigenvalue weighted by molar-refractivity contribution is -0.0882. The molecule has 1 aliphatic rings. The molecule has 0 N–H and O–H groups in total. The molecular weight excluding hydrogens is 389 g/mol. The van der Waals surface area contributed by atoms with Crippen LogP contribution in [-0.2, 0) is 15.9 Å². The Morgan fingerprint density at radius 1 is 0.933 bits per heavy atom. The molecule has 1 fully saturated rings. The summed E-state index contributed by atoms with van der Waals surface area (Å²) in [6.45, 7) is 5.22. The summed E-state index contributed by atoms with van der Waals surface area (Å²) in [6, 6.07) is 7.64. The van der Waals surface area contributed by atoms with Crippen molar-refractivity contribution in [3.63, 3.8) is 0 Å². The standard InChI is InChI=1S/C25H31F3O2/c1-3-5-6-14-29-18-9-13-23(30-16-18)21-12-11-20(24(27)25(21)28)19-10-8-17(7-4-2)15-22(19)26/h8,10-12,15,18,23H,3-7,9,13-14,16H2,1-2H3. The number of unbranched alkanes of at least 4 members (excludes halogenated alkanes) is 2. The molecule has 1 aliphatic heterocycles. The van der Waals surface area contributed by atoms with Crippen molar-refractivity contribution < 1.29 is 22.6 Å². The molecule has 0 bridgehead atoms. The third-order valence-corrected chi connectivity index (χ3v) is 5.66. The Morgan fingerprint density at radius 2 is 1.73 bits per heavy atom. The van der Waals surface area contributed by atoms with Gasteiger partial charge in [-0.15, -0.1) is 0 Å². The first kappa shape index (κ1) is 22.8. The fraction of sp³-hybridized carbons (Fsp3) is 0.520. The van der Waals surface area contributed by atoms with Crippen LogP contribution >= 0.6 is 0 Å². The largest absolute Gasteiger partial charge is 0.376 e. The zero-order valence-corrected chi connectivity index (χ0v) is 17.9. The highest BCUT2D eigenvalue weighted by atomic mass is 19.2. The number of ether oxygens (including phenoxy) is 2. The molecule has 3 rings (SSSR count). The summed E-state index contributed by atoms with van der Waals surface area (Å²) in [5.74, 6) is -2.53. The van der Waals surface area contributed by atoms with Crippen LogP contribution in [-0.4, -0.2) is 19.3 Å². The van der Waals surface area contributed by atoms with Gasteiger partial charge in [-0.3, -0.25) is 0 Å². The Bertz CT molecular complexity index is 829. The summed E-state index contributed by atoms with van der Waals surface area (Å²) in [6.07, 6.45) is 5.73. The molecule has 0 aliphatic carbocycles. The van der Waals surface area contributed by atoms with Crippen molar-refractivity contribution in [1.82, 2.24) is 0 Å². The van der Waals surface area contributed by atoms with Gasteiger partial charge >= 0.3 is 0 Å². The van der Waals surface area contributed by atoms with Crippen molar-refractivity contribution in [2.45, 2.75) is 71.0 Å². The molecule has 0 saturated carbocycles. The van der Waals surface area contributed by atoms with E-state index in [0.29, 0.717) is 19.6 Å². The predicted molar refractivity (Wildman–Crippen MR) is 113 cm³/mol. The van der Waals surface area contributed by atoms with Gasteiger partial charge in [0.2, 0.25) is 0 Å². The quantitative estimate of drug-likeness (QED) is 0.401. The zero-order valence-electron chi connectivity index (χ0n) is 17.9. The second kappa shape index (κ2) is 11.0. The van der Waals surface area contributed by atoms with Gasteiger partial charge in [0.15, 0.2) is 11.6 Å². The lowest BCUT2D eigenvalue weighted by atomic mass is 9.95. The Labute approximate surface area is 177 Å². The van der Waals surface area contributed by atoms with Gasteiger partial charge in [-0.05, 0) is 37.3 Å². The highest BCUT2D eigenvalue weighted by Crippen LogP contribution is 2.35. The third-order valence-electron chi connectivity index (χ3n) is 5.66. The van der Waals surface area contributed by atoms with Crippen LogP contribution in [0, 0.1) is 17.5 Å². The van der Waals surface area contributed by atoms with Crippen LogP contribution in [0.25, 0.3) is 11.1 Å². The molecule has 5 heteroatoms. The monoisotopic (exact) mass is 420 g/mol. The van der Waals surface area contributed by atoms with Crippen LogP contribution in [0.1, 0.15) is 69.6 Å². The summed E-state index contributed by atoms with van der Waals surface area (Å²) in [5.41, 5.74) is 1.04.